The monoisotopic (exact) mass is 417 g/mol. The highest BCUT2D eigenvalue weighted by atomic mass is 35.5. The van der Waals surface area contributed by atoms with Crippen molar-refractivity contribution in [3.05, 3.63) is 61.8 Å². The van der Waals surface area contributed by atoms with Crippen LogP contribution in [0.3, 0.4) is 0 Å². The summed E-state index contributed by atoms with van der Waals surface area (Å²) in [4.78, 5) is 16.9. The van der Waals surface area contributed by atoms with Gasteiger partial charge in [-0.15, -0.1) is 0 Å². The van der Waals surface area contributed by atoms with Crippen molar-refractivity contribution in [1.82, 2.24) is 8.96 Å². The molecule has 0 fully saturated rings. The van der Waals surface area contributed by atoms with Gasteiger partial charge < -0.3 is 5.32 Å². The fraction of sp³-hybridized carbons (Fsp3) is 0.0667. The second kappa shape index (κ2) is 6.49. The van der Waals surface area contributed by atoms with Crippen LogP contribution in [0, 0.1) is 0 Å². The van der Waals surface area contributed by atoms with Gasteiger partial charge in [0.15, 0.2) is 0 Å². The van der Waals surface area contributed by atoms with Crippen molar-refractivity contribution in [2.45, 2.75) is 0 Å². The number of fused-ring (bicyclic) bond motifs is 1. The summed E-state index contributed by atoms with van der Waals surface area (Å²) in [5.74, 6) is -0.194. The van der Waals surface area contributed by atoms with Crippen LogP contribution in [-0.2, 0) is 10.0 Å². The summed E-state index contributed by atoms with van der Waals surface area (Å²) < 4.78 is 24.8. The van der Waals surface area contributed by atoms with E-state index in [0.717, 1.165) is 6.26 Å². The molecule has 0 saturated heterocycles. The van der Waals surface area contributed by atoms with E-state index in [2.05, 4.69) is 10.3 Å². The fourth-order valence-corrected chi connectivity index (χ4v) is 3.78. The first kappa shape index (κ1) is 18.0. The van der Waals surface area contributed by atoms with Crippen molar-refractivity contribution in [2.24, 2.45) is 0 Å². The molecule has 130 valence electrons. The first-order valence-electron chi connectivity index (χ1n) is 6.81. The van der Waals surface area contributed by atoms with Gasteiger partial charge in [-0.05, 0) is 36.4 Å². The number of nitrogens with zero attached hydrogens (tertiary/aromatic N) is 2. The number of hydrogen-bond donors (Lipinski definition) is 1. The van der Waals surface area contributed by atoms with Crippen LogP contribution in [0.4, 0.5) is 11.6 Å². The van der Waals surface area contributed by atoms with Crippen LogP contribution >= 0.6 is 34.8 Å². The maximum atomic E-state index is 12.6. The number of hydrogen-bond acceptors (Lipinski definition) is 5. The summed E-state index contributed by atoms with van der Waals surface area (Å²) in [5, 5.41) is 3.95. The van der Waals surface area contributed by atoms with Crippen LogP contribution in [-0.4, -0.2) is 23.6 Å². The predicted octanol–water partition coefficient (Wildman–Crippen LogP) is 3.91. The van der Waals surface area contributed by atoms with E-state index >= 15 is 0 Å². The normalized spacial score (nSPS) is 11.7. The van der Waals surface area contributed by atoms with Crippen molar-refractivity contribution >= 4 is 67.4 Å². The molecule has 0 aliphatic carbocycles. The van der Waals surface area contributed by atoms with Gasteiger partial charge in [0.05, 0.1) is 17.2 Å². The summed E-state index contributed by atoms with van der Waals surface area (Å²) >= 11 is 17.8. The lowest BCUT2D eigenvalue weighted by atomic mass is 10.2. The van der Waals surface area contributed by atoms with E-state index in [9.17, 15) is 13.2 Å². The molecule has 3 rings (SSSR count). The molecule has 0 saturated carbocycles. The Kier molecular flexibility index (Phi) is 4.68. The van der Waals surface area contributed by atoms with Crippen LogP contribution in [0.1, 0.15) is 0 Å². The van der Waals surface area contributed by atoms with Crippen molar-refractivity contribution in [2.75, 3.05) is 11.6 Å². The van der Waals surface area contributed by atoms with Crippen molar-refractivity contribution in [3.8, 4) is 0 Å². The van der Waals surface area contributed by atoms with E-state index < -0.39 is 15.6 Å². The molecule has 6 nitrogen and oxygen atoms in total. The highest BCUT2D eigenvalue weighted by molar-refractivity contribution is 7.89. The Hall–Kier alpha value is -1.80. The largest absolute Gasteiger partial charge is 0.325 e. The molecule has 0 atom stereocenters. The lowest BCUT2D eigenvalue weighted by Gasteiger charge is -2.13. The van der Waals surface area contributed by atoms with Gasteiger partial charge in [0.25, 0.3) is 5.56 Å². The third-order valence-electron chi connectivity index (χ3n) is 3.24. The molecule has 0 unspecified atom stereocenters. The Balaban J connectivity index is 2.30. The van der Waals surface area contributed by atoms with Gasteiger partial charge in [-0.25, -0.2) is 13.4 Å². The Labute approximate surface area is 158 Å². The average Bonchev–Trinajstić information content (AvgIpc) is 2.44. The average molecular weight is 419 g/mol. The van der Waals surface area contributed by atoms with Crippen molar-refractivity contribution in [1.29, 1.82) is 0 Å². The molecular formula is C15H10Cl3N3O3S. The molecule has 1 heterocycles. The predicted molar refractivity (Wildman–Crippen MR) is 101 cm³/mol. The van der Waals surface area contributed by atoms with E-state index in [-0.39, 0.29) is 16.9 Å². The number of rotatable bonds is 3. The second-order valence-electron chi connectivity index (χ2n) is 5.21. The molecule has 1 aromatic heterocycles. The molecule has 0 radical (unpaired) electrons. The van der Waals surface area contributed by atoms with Gasteiger partial charge in [-0.3, -0.25) is 4.79 Å². The second-order valence-corrected chi connectivity index (χ2v) is 8.35. The SMILES string of the molecule is CS(=O)(=O)n1c(Nc2cc(Cl)cc(Cl)c2)nc2cc(Cl)ccc2c1=O. The van der Waals surface area contributed by atoms with E-state index in [1.54, 1.807) is 0 Å². The zero-order chi connectivity index (χ0) is 18.4. The summed E-state index contributed by atoms with van der Waals surface area (Å²) in [5.41, 5.74) is -0.101. The molecule has 0 spiro atoms. The summed E-state index contributed by atoms with van der Waals surface area (Å²) in [6.45, 7) is 0. The Morgan fingerprint density at radius 2 is 1.64 bits per heavy atom. The summed E-state index contributed by atoms with van der Waals surface area (Å²) in [6.07, 6.45) is 0.911. The first-order valence-corrected chi connectivity index (χ1v) is 9.79. The lowest BCUT2D eigenvalue weighted by molar-refractivity contribution is 0.592. The van der Waals surface area contributed by atoms with E-state index in [4.69, 9.17) is 34.8 Å². The van der Waals surface area contributed by atoms with Crippen LogP contribution in [0.15, 0.2) is 41.2 Å². The van der Waals surface area contributed by atoms with Crippen LogP contribution in [0.5, 0.6) is 0 Å². The number of aromatic nitrogens is 2. The lowest BCUT2D eigenvalue weighted by Crippen LogP contribution is -2.29. The summed E-state index contributed by atoms with van der Waals surface area (Å²) in [6, 6.07) is 8.95. The Morgan fingerprint density at radius 3 is 2.24 bits per heavy atom. The molecule has 10 heteroatoms. The molecule has 2 aromatic carbocycles. The minimum absolute atomic E-state index is 0.129. The van der Waals surface area contributed by atoms with Crippen molar-refractivity contribution in [3.63, 3.8) is 0 Å². The zero-order valence-corrected chi connectivity index (χ0v) is 15.7. The summed E-state index contributed by atoms with van der Waals surface area (Å²) in [7, 11) is -3.93. The maximum absolute atomic E-state index is 12.6. The highest BCUT2D eigenvalue weighted by Gasteiger charge is 2.19. The van der Waals surface area contributed by atoms with Gasteiger partial charge in [0.2, 0.25) is 16.0 Å². The third kappa shape index (κ3) is 3.74. The maximum Gasteiger partial charge on any atom is 0.276 e. The van der Waals surface area contributed by atoms with Crippen LogP contribution < -0.4 is 10.9 Å². The topological polar surface area (TPSA) is 81.1 Å². The van der Waals surface area contributed by atoms with Gasteiger partial charge in [0.1, 0.15) is 0 Å². The zero-order valence-electron chi connectivity index (χ0n) is 12.6. The number of nitrogens with one attached hydrogen (secondary N) is 1. The van der Waals surface area contributed by atoms with Crippen LogP contribution in [0.25, 0.3) is 10.9 Å². The van der Waals surface area contributed by atoms with Gasteiger partial charge in [-0.2, -0.15) is 3.97 Å². The van der Waals surface area contributed by atoms with Gasteiger partial charge in [-0.1, -0.05) is 34.8 Å². The van der Waals surface area contributed by atoms with E-state index in [1.165, 1.54) is 36.4 Å². The number of benzene rings is 2. The van der Waals surface area contributed by atoms with Crippen molar-refractivity contribution < 1.29 is 8.42 Å². The quantitative estimate of drug-likeness (QED) is 0.697. The molecule has 25 heavy (non-hydrogen) atoms. The molecule has 0 aliphatic heterocycles. The number of halogens is 3. The standard InChI is InChI=1S/C15H10Cl3N3O3S/c1-25(23,24)21-14(22)12-3-2-8(16)7-13(12)20-15(21)19-11-5-9(17)4-10(18)6-11/h2-7H,1H3,(H,19,20). The molecule has 3 aromatic rings. The van der Waals surface area contributed by atoms with Gasteiger partial charge >= 0.3 is 0 Å². The van der Waals surface area contributed by atoms with E-state index in [0.29, 0.717) is 24.7 Å². The first-order chi connectivity index (χ1) is 11.6. The van der Waals surface area contributed by atoms with Gasteiger partial charge in [0, 0.05) is 20.8 Å². The number of anilines is 2. The Morgan fingerprint density at radius 1 is 1.00 bits per heavy atom. The molecular weight excluding hydrogens is 409 g/mol. The molecule has 0 amide bonds. The minimum Gasteiger partial charge on any atom is -0.325 e. The molecule has 0 aliphatic rings. The third-order valence-corrected chi connectivity index (χ3v) is 4.92. The fourth-order valence-electron chi connectivity index (χ4n) is 2.28. The van der Waals surface area contributed by atoms with Crippen LogP contribution in [0.2, 0.25) is 15.1 Å². The Bertz CT molecular complexity index is 1140. The highest BCUT2D eigenvalue weighted by Crippen LogP contribution is 2.25. The molecule has 0 bridgehead atoms. The van der Waals surface area contributed by atoms with E-state index in [1.807, 2.05) is 0 Å². The molecule has 1 N–H and O–H groups in total. The minimum atomic E-state index is -3.93. The smallest absolute Gasteiger partial charge is 0.276 e.